The summed E-state index contributed by atoms with van der Waals surface area (Å²) >= 11 is 0. The Labute approximate surface area is 109 Å². The van der Waals surface area contributed by atoms with Crippen LogP contribution in [0.4, 0.5) is 5.82 Å². The predicted octanol–water partition coefficient (Wildman–Crippen LogP) is 1.69. The van der Waals surface area contributed by atoms with Gasteiger partial charge in [0.2, 0.25) is 6.79 Å². The first kappa shape index (κ1) is 11.3. The largest absolute Gasteiger partial charge is 0.454 e. The Balaban J connectivity index is 1.74. The number of benzene rings is 1. The van der Waals surface area contributed by atoms with Gasteiger partial charge in [-0.05, 0) is 17.7 Å². The molecular weight excluding hydrogens is 244 g/mol. The standard InChI is InChI=1S/C13H10N4O2/c14-4-10-6-15-7-17-13(10)16-5-9-1-2-11-12(3-9)19-8-18-11/h1-3,6-7H,5,8H2,(H,15,16,17). The molecule has 0 radical (unpaired) electrons. The lowest BCUT2D eigenvalue weighted by Gasteiger charge is -2.07. The molecule has 6 heteroatoms. The minimum atomic E-state index is 0.261. The zero-order valence-electron chi connectivity index (χ0n) is 9.96. The number of ether oxygens (including phenoxy) is 2. The molecule has 0 unspecified atom stereocenters. The number of nitrogens with zero attached hydrogens (tertiary/aromatic N) is 3. The van der Waals surface area contributed by atoms with Crippen molar-refractivity contribution in [2.45, 2.75) is 6.54 Å². The minimum absolute atomic E-state index is 0.261. The average Bonchev–Trinajstić information content (AvgIpc) is 2.93. The third-order valence-electron chi connectivity index (χ3n) is 2.73. The van der Waals surface area contributed by atoms with E-state index in [1.807, 2.05) is 24.3 Å². The van der Waals surface area contributed by atoms with Gasteiger partial charge in [-0.1, -0.05) is 6.07 Å². The van der Waals surface area contributed by atoms with Crippen molar-refractivity contribution in [3.05, 3.63) is 41.9 Å². The molecule has 2 heterocycles. The van der Waals surface area contributed by atoms with Crippen molar-refractivity contribution < 1.29 is 9.47 Å². The zero-order valence-corrected chi connectivity index (χ0v) is 9.96. The number of nitriles is 1. The van der Waals surface area contributed by atoms with E-state index in [0.29, 0.717) is 17.9 Å². The Hall–Kier alpha value is -2.81. The van der Waals surface area contributed by atoms with Gasteiger partial charge in [0, 0.05) is 6.54 Å². The summed E-state index contributed by atoms with van der Waals surface area (Å²) in [5, 5.41) is 12.0. The lowest BCUT2D eigenvalue weighted by atomic mass is 10.2. The van der Waals surface area contributed by atoms with Crippen LogP contribution < -0.4 is 14.8 Å². The van der Waals surface area contributed by atoms with Gasteiger partial charge < -0.3 is 14.8 Å². The molecule has 0 amide bonds. The average molecular weight is 254 g/mol. The molecule has 0 fully saturated rings. The fourth-order valence-corrected chi connectivity index (χ4v) is 1.79. The van der Waals surface area contributed by atoms with Crippen molar-refractivity contribution in [3.63, 3.8) is 0 Å². The van der Waals surface area contributed by atoms with E-state index in [4.69, 9.17) is 14.7 Å². The topological polar surface area (TPSA) is 80.1 Å². The van der Waals surface area contributed by atoms with Crippen molar-refractivity contribution in [1.29, 1.82) is 5.26 Å². The Morgan fingerprint density at radius 2 is 2.21 bits per heavy atom. The fraction of sp³-hybridized carbons (Fsp3) is 0.154. The molecule has 94 valence electrons. The number of nitrogens with one attached hydrogen (secondary N) is 1. The van der Waals surface area contributed by atoms with Crippen LogP contribution in [0.5, 0.6) is 11.5 Å². The zero-order chi connectivity index (χ0) is 13.1. The minimum Gasteiger partial charge on any atom is -0.454 e. The van der Waals surface area contributed by atoms with Crippen molar-refractivity contribution >= 4 is 5.82 Å². The van der Waals surface area contributed by atoms with Gasteiger partial charge in [-0.25, -0.2) is 9.97 Å². The van der Waals surface area contributed by atoms with Crippen LogP contribution in [0.1, 0.15) is 11.1 Å². The molecule has 2 aromatic rings. The van der Waals surface area contributed by atoms with E-state index in [1.165, 1.54) is 12.5 Å². The Kier molecular flexibility index (Phi) is 2.86. The molecule has 1 aromatic carbocycles. The van der Waals surface area contributed by atoms with E-state index in [0.717, 1.165) is 17.1 Å². The van der Waals surface area contributed by atoms with Gasteiger partial charge >= 0.3 is 0 Å². The molecule has 0 spiro atoms. The van der Waals surface area contributed by atoms with Gasteiger partial charge in [0.25, 0.3) is 0 Å². The van der Waals surface area contributed by atoms with E-state index >= 15 is 0 Å². The molecule has 1 aromatic heterocycles. The number of anilines is 1. The highest BCUT2D eigenvalue weighted by molar-refractivity contribution is 5.51. The molecular formula is C13H10N4O2. The van der Waals surface area contributed by atoms with Gasteiger partial charge in [-0.15, -0.1) is 0 Å². The maximum Gasteiger partial charge on any atom is 0.231 e. The molecule has 1 aliphatic rings. The maximum atomic E-state index is 8.94. The van der Waals surface area contributed by atoms with Crippen molar-refractivity contribution in [1.82, 2.24) is 9.97 Å². The number of aromatic nitrogens is 2. The van der Waals surface area contributed by atoms with Crippen LogP contribution >= 0.6 is 0 Å². The van der Waals surface area contributed by atoms with Gasteiger partial charge in [0.15, 0.2) is 11.5 Å². The number of rotatable bonds is 3. The number of hydrogen-bond acceptors (Lipinski definition) is 6. The predicted molar refractivity (Wildman–Crippen MR) is 66.6 cm³/mol. The lowest BCUT2D eigenvalue weighted by Crippen LogP contribution is -2.03. The molecule has 1 aliphatic heterocycles. The van der Waals surface area contributed by atoms with Gasteiger partial charge in [-0.3, -0.25) is 0 Å². The number of hydrogen-bond donors (Lipinski definition) is 1. The quantitative estimate of drug-likeness (QED) is 0.897. The van der Waals surface area contributed by atoms with Crippen LogP contribution in [0.3, 0.4) is 0 Å². The highest BCUT2D eigenvalue weighted by atomic mass is 16.7. The summed E-state index contributed by atoms with van der Waals surface area (Å²) in [6.07, 6.45) is 2.89. The van der Waals surface area contributed by atoms with Crippen LogP contribution in [-0.4, -0.2) is 16.8 Å². The first-order chi connectivity index (χ1) is 9.36. The summed E-state index contributed by atoms with van der Waals surface area (Å²) in [6.45, 7) is 0.805. The molecule has 0 saturated heterocycles. The summed E-state index contributed by atoms with van der Waals surface area (Å²) < 4.78 is 10.6. The SMILES string of the molecule is N#Cc1cncnc1NCc1ccc2c(c1)OCO2. The molecule has 6 nitrogen and oxygen atoms in total. The molecule has 0 aliphatic carbocycles. The normalized spacial score (nSPS) is 11.9. The van der Waals surface area contributed by atoms with Gasteiger partial charge in [0.05, 0.1) is 6.20 Å². The third kappa shape index (κ3) is 2.26. The smallest absolute Gasteiger partial charge is 0.231 e. The highest BCUT2D eigenvalue weighted by Gasteiger charge is 2.13. The molecule has 19 heavy (non-hydrogen) atoms. The third-order valence-corrected chi connectivity index (χ3v) is 2.73. The second-order valence-electron chi connectivity index (χ2n) is 3.94. The van der Waals surface area contributed by atoms with Crippen LogP contribution in [0.2, 0.25) is 0 Å². The van der Waals surface area contributed by atoms with Gasteiger partial charge in [-0.2, -0.15) is 5.26 Å². The monoisotopic (exact) mass is 254 g/mol. The Morgan fingerprint density at radius 3 is 3.11 bits per heavy atom. The van der Waals surface area contributed by atoms with E-state index in [1.54, 1.807) is 0 Å². The summed E-state index contributed by atoms with van der Waals surface area (Å²) in [6, 6.07) is 7.75. The van der Waals surface area contributed by atoms with E-state index in [2.05, 4.69) is 15.3 Å². The van der Waals surface area contributed by atoms with Crippen LogP contribution in [0, 0.1) is 11.3 Å². The number of fused-ring (bicyclic) bond motifs is 1. The fourth-order valence-electron chi connectivity index (χ4n) is 1.79. The lowest BCUT2D eigenvalue weighted by molar-refractivity contribution is 0.174. The second kappa shape index (κ2) is 4.82. The van der Waals surface area contributed by atoms with Crippen molar-refractivity contribution in [2.75, 3.05) is 12.1 Å². The summed E-state index contributed by atoms with van der Waals surface area (Å²) in [5.41, 5.74) is 1.44. The van der Waals surface area contributed by atoms with Crippen LogP contribution in [0.15, 0.2) is 30.7 Å². The van der Waals surface area contributed by atoms with Crippen LogP contribution in [0.25, 0.3) is 0 Å². The molecule has 0 atom stereocenters. The van der Waals surface area contributed by atoms with Crippen molar-refractivity contribution in [2.24, 2.45) is 0 Å². The van der Waals surface area contributed by atoms with E-state index in [-0.39, 0.29) is 6.79 Å². The summed E-state index contributed by atoms with van der Waals surface area (Å²) in [4.78, 5) is 7.84. The Bertz CT molecular complexity index is 651. The van der Waals surface area contributed by atoms with E-state index in [9.17, 15) is 0 Å². The van der Waals surface area contributed by atoms with E-state index < -0.39 is 0 Å². The van der Waals surface area contributed by atoms with Gasteiger partial charge in [0.1, 0.15) is 23.8 Å². The van der Waals surface area contributed by atoms with Crippen LogP contribution in [-0.2, 0) is 6.54 Å². The molecule has 0 bridgehead atoms. The Morgan fingerprint density at radius 1 is 1.32 bits per heavy atom. The molecule has 3 rings (SSSR count). The highest BCUT2D eigenvalue weighted by Crippen LogP contribution is 2.32. The maximum absolute atomic E-state index is 8.94. The summed E-state index contributed by atoms with van der Waals surface area (Å²) in [5.74, 6) is 2.01. The van der Waals surface area contributed by atoms with Crippen molar-refractivity contribution in [3.8, 4) is 17.6 Å². The first-order valence-electron chi connectivity index (χ1n) is 5.69. The molecule has 0 saturated carbocycles. The second-order valence-corrected chi connectivity index (χ2v) is 3.94. The first-order valence-corrected chi connectivity index (χ1v) is 5.69. The molecule has 1 N–H and O–H groups in total. The summed E-state index contributed by atoms with van der Waals surface area (Å²) in [7, 11) is 0.